The van der Waals surface area contributed by atoms with E-state index in [1.54, 1.807) is 36.5 Å². The molecule has 0 unspecified atom stereocenters. The first-order valence-corrected chi connectivity index (χ1v) is 12.9. The van der Waals surface area contributed by atoms with Crippen LogP contribution >= 0.6 is 0 Å². The summed E-state index contributed by atoms with van der Waals surface area (Å²) in [7, 11) is 1.49. The Bertz CT molecular complexity index is 1740. The van der Waals surface area contributed by atoms with Gasteiger partial charge in [-0.25, -0.2) is 14.4 Å². The van der Waals surface area contributed by atoms with Crippen LogP contribution in [0.5, 0.6) is 5.75 Å². The van der Waals surface area contributed by atoms with Crippen LogP contribution in [0.25, 0.3) is 33.9 Å². The van der Waals surface area contributed by atoms with Gasteiger partial charge in [0.15, 0.2) is 5.82 Å². The van der Waals surface area contributed by atoms with Gasteiger partial charge in [-0.05, 0) is 62.1 Å². The zero-order valence-electron chi connectivity index (χ0n) is 21.6. The standard InChI is InChI=1S/C29H25FN8O2/c1-40-26-10-9-17(14-31)11-21(26)29(39)35-18-5-4-6-19(12-18)38-25-13-23(27-33-16-34-37-27)32-15-24(25)36-28(38)20-7-2-3-8-22(20)30/h2-3,7-11,13,15-16,18-19H,4-6,12H2,1H3,(H,35,39)(H,33,34,37)/t18-,19+/m0/s1. The maximum atomic E-state index is 15.0. The number of nitrogens with one attached hydrogen (secondary N) is 2. The number of methoxy groups -OCH3 is 1. The third-order valence-electron chi connectivity index (χ3n) is 7.27. The molecule has 5 aromatic rings. The number of nitrogens with zero attached hydrogens (tertiary/aromatic N) is 6. The second-order valence-electron chi connectivity index (χ2n) is 9.70. The van der Waals surface area contributed by atoms with Crippen molar-refractivity contribution in [3.63, 3.8) is 0 Å². The highest BCUT2D eigenvalue weighted by atomic mass is 19.1. The van der Waals surface area contributed by atoms with Crippen molar-refractivity contribution in [2.45, 2.75) is 37.8 Å². The number of pyridine rings is 1. The molecule has 1 saturated carbocycles. The molecule has 200 valence electrons. The van der Waals surface area contributed by atoms with Gasteiger partial charge in [0.1, 0.15) is 34.9 Å². The smallest absolute Gasteiger partial charge is 0.255 e. The minimum atomic E-state index is -0.368. The third kappa shape index (κ3) is 4.64. The highest BCUT2D eigenvalue weighted by molar-refractivity contribution is 5.97. The Morgan fingerprint density at radius 2 is 2.08 bits per heavy atom. The Balaban J connectivity index is 1.37. The van der Waals surface area contributed by atoms with Gasteiger partial charge in [-0.15, -0.1) is 0 Å². The number of halogens is 1. The summed E-state index contributed by atoms with van der Waals surface area (Å²) in [5.74, 6) is 0.752. The number of H-pyrrole nitrogens is 1. The number of carbonyl (C=O) groups is 1. The van der Waals surface area contributed by atoms with Gasteiger partial charge in [-0.3, -0.25) is 14.9 Å². The Labute approximate surface area is 228 Å². The average molecular weight is 537 g/mol. The van der Waals surface area contributed by atoms with E-state index in [-0.39, 0.29) is 23.8 Å². The van der Waals surface area contributed by atoms with E-state index in [0.717, 1.165) is 24.8 Å². The fourth-order valence-corrected chi connectivity index (χ4v) is 5.41. The summed E-state index contributed by atoms with van der Waals surface area (Å²) in [5, 5.41) is 19.2. The first-order chi connectivity index (χ1) is 19.6. The number of imidazole rings is 1. The summed E-state index contributed by atoms with van der Waals surface area (Å²) in [4.78, 5) is 26.8. The molecule has 1 aliphatic rings. The number of amides is 1. The van der Waals surface area contributed by atoms with Crippen LogP contribution in [0.1, 0.15) is 47.6 Å². The van der Waals surface area contributed by atoms with Crippen LogP contribution < -0.4 is 10.1 Å². The highest BCUT2D eigenvalue weighted by Crippen LogP contribution is 2.37. The fraction of sp³-hybridized carbons (Fsp3) is 0.241. The Hall–Kier alpha value is -5.11. The molecule has 1 fully saturated rings. The molecule has 0 saturated heterocycles. The lowest BCUT2D eigenvalue weighted by molar-refractivity contribution is 0.0918. The third-order valence-corrected chi connectivity index (χ3v) is 7.27. The van der Waals surface area contributed by atoms with Gasteiger partial charge in [0.25, 0.3) is 5.91 Å². The van der Waals surface area contributed by atoms with Crippen LogP contribution in [0.3, 0.4) is 0 Å². The van der Waals surface area contributed by atoms with Gasteiger partial charge in [0.2, 0.25) is 0 Å². The van der Waals surface area contributed by atoms with E-state index in [4.69, 9.17) is 9.72 Å². The van der Waals surface area contributed by atoms with Gasteiger partial charge >= 0.3 is 0 Å². The second-order valence-corrected chi connectivity index (χ2v) is 9.70. The topological polar surface area (TPSA) is 134 Å². The molecule has 0 spiro atoms. The van der Waals surface area contributed by atoms with Crippen molar-refractivity contribution in [1.29, 1.82) is 5.26 Å². The summed E-state index contributed by atoms with van der Waals surface area (Å²) >= 11 is 0. The first kappa shape index (κ1) is 25.2. The lowest BCUT2D eigenvalue weighted by Gasteiger charge is -2.32. The SMILES string of the molecule is COc1ccc(C#N)cc1C(=O)N[C@H]1CCC[C@@H](n2c(-c3ccccc3F)nc3cnc(-c4ncn[nH]4)cc32)C1. The van der Waals surface area contributed by atoms with Crippen LogP contribution in [0.2, 0.25) is 0 Å². The van der Waals surface area contributed by atoms with Crippen LogP contribution in [0, 0.1) is 17.1 Å². The number of rotatable bonds is 6. The molecule has 2 N–H and O–H groups in total. The minimum Gasteiger partial charge on any atom is -0.496 e. The van der Waals surface area contributed by atoms with Gasteiger partial charge in [-0.1, -0.05) is 12.1 Å². The van der Waals surface area contributed by atoms with Crippen LogP contribution in [0.4, 0.5) is 4.39 Å². The number of aromatic nitrogens is 6. The molecule has 3 heterocycles. The summed E-state index contributed by atoms with van der Waals surface area (Å²) < 4.78 is 22.5. The minimum absolute atomic E-state index is 0.0732. The number of fused-ring (bicyclic) bond motifs is 1. The van der Waals surface area contributed by atoms with E-state index in [2.05, 4.69) is 36.1 Å². The number of hydrogen-bond donors (Lipinski definition) is 2. The molecule has 0 aliphatic heterocycles. The number of benzene rings is 2. The van der Waals surface area contributed by atoms with Crippen molar-refractivity contribution in [2.24, 2.45) is 0 Å². The van der Waals surface area contributed by atoms with E-state index >= 15 is 4.39 Å². The summed E-state index contributed by atoms with van der Waals surface area (Å²) in [5.41, 5.74) is 3.10. The molecule has 2 atom stereocenters. The predicted molar refractivity (Wildman–Crippen MR) is 145 cm³/mol. The molecule has 6 rings (SSSR count). The van der Waals surface area contributed by atoms with Crippen LogP contribution in [-0.4, -0.2) is 48.8 Å². The summed E-state index contributed by atoms with van der Waals surface area (Å²) in [6.07, 6.45) is 6.14. The van der Waals surface area contributed by atoms with Gasteiger partial charge < -0.3 is 14.6 Å². The highest BCUT2D eigenvalue weighted by Gasteiger charge is 2.30. The fourth-order valence-electron chi connectivity index (χ4n) is 5.41. The molecular formula is C29H25FN8O2. The molecule has 11 heteroatoms. The largest absolute Gasteiger partial charge is 0.496 e. The maximum Gasteiger partial charge on any atom is 0.255 e. The summed E-state index contributed by atoms with van der Waals surface area (Å²) in [6, 6.07) is 15.1. The number of carbonyl (C=O) groups excluding carboxylic acids is 1. The van der Waals surface area contributed by atoms with Crippen molar-refractivity contribution < 1.29 is 13.9 Å². The summed E-state index contributed by atoms with van der Waals surface area (Å²) in [6.45, 7) is 0. The Morgan fingerprint density at radius 3 is 2.85 bits per heavy atom. The van der Waals surface area contributed by atoms with Gasteiger partial charge in [0, 0.05) is 12.1 Å². The second kappa shape index (κ2) is 10.6. The molecule has 0 radical (unpaired) electrons. The van der Waals surface area contributed by atoms with Crippen molar-refractivity contribution >= 4 is 16.9 Å². The zero-order valence-corrected chi connectivity index (χ0v) is 21.6. The maximum absolute atomic E-state index is 15.0. The average Bonchev–Trinajstić information content (AvgIpc) is 3.65. The number of aromatic amines is 1. The van der Waals surface area contributed by atoms with Crippen molar-refractivity contribution in [3.8, 4) is 34.7 Å². The van der Waals surface area contributed by atoms with E-state index in [1.807, 2.05) is 6.07 Å². The molecular weight excluding hydrogens is 511 g/mol. The normalized spacial score (nSPS) is 16.9. The van der Waals surface area contributed by atoms with Gasteiger partial charge in [-0.2, -0.15) is 10.4 Å². The van der Waals surface area contributed by atoms with E-state index in [1.165, 1.54) is 25.6 Å². The monoisotopic (exact) mass is 536 g/mol. The molecule has 1 amide bonds. The Kier molecular flexibility index (Phi) is 6.66. The first-order valence-electron chi connectivity index (χ1n) is 12.9. The van der Waals surface area contributed by atoms with Crippen molar-refractivity contribution in [3.05, 3.63) is 78.0 Å². The van der Waals surface area contributed by atoms with Crippen molar-refractivity contribution in [1.82, 2.24) is 35.0 Å². The quantitative estimate of drug-likeness (QED) is 0.318. The molecule has 2 aromatic carbocycles. The van der Waals surface area contributed by atoms with E-state index in [0.29, 0.717) is 51.7 Å². The number of nitriles is 1. The van der Waals surface area contributed by atoms with E-state index in [9.17, 15) is 10.1 Å². The van der Waals surface area contributed by atoms with Crippen LogP contribution in [-0.2, 0) is 0 Å². The molecule has 1 aliphatic carbocycles. The predicted octanol–water partition coefficient (Wildman–Crippen LogP) is 4.82. The lowest BCUT2D eigenvalue weighted by Crippen LogP contribution is -2.39. The van der Waals surface area contributed by atoms with Crippen molar-refractivity contribution in [2.75, 3.05) is 7.11 Å². The molecule has 40 heavy (non-hydrogen) atoms. The lowest BCUT2D eigenvalue weighted by atomic mass is 9.90. The van der Waals surface area contributed by atoms with Crippen LogP contribution in [0.15, 0.2) is 61.1 Å². The zero-order chi connectivity index (χ0) is 27.6. The van der Waals surface area contributed by atoms with Gasteiger partial charge in [0.05, 0.1) is 41.6 Å². The molecule has 3 aromatic heterocycles. The molecule has 0 bridgehead atoms. The number of ether oxygens (including phenoxy) is 1. The molecule has 10 nitrogen and oxygen atoms in total. The van der Waals surface area contributed by atoms with E-state index < -0.39 is 0 Å². The Morgan fingerprint density at radius 1 is 1.20 bits per heavy atom. The number of hydrogen-bond acceptors (Lipinski definition) is 7.